The first kappa shape index (κ1) is 18.9. The number of nitrogens with one attached hydrogen (secondary N) is 1. The van der Waals surface area contributed by atoms with E-state index in [4.69, 9.17) is 9.47 Å². The summed E-state index contributed by atoms with van der Waals surface area (Å²) < 4.78 is 9.79. The van der Waals surface area contributed by atoms with Gasteiger partial charge in [-0.15, -0.1) is 0 Å². The molecule has 25 heavy (non-hydrogen) atoms. The van der Waals surface area contributed by atoms with Gasteiger partial charge in [0.1, 0.15) is 0 Å². The molecule has 1 aromatic carbocycles. The van der Waals surface area contributed by atoms with Crippen LogP contribution in [0.2, 0.25) is 0 Å². The highest BCUT2D eigenvalue weighted by Gasteiger charge is 2.28. The fourth-order valence-electron chi connectivity index (χ4n) is 2.92. The third kappa shape index (κ3) is 5.29. The van der Waals surface area contributed by atoms with Crippen molar-refractivity contribution in [2.45, 2.75) is 19.8 Å². The van der Waals surface area contributed by atoms with Gasteiger partial charge in [0.2, 0.25) is 5.91 Å². The van der Waals surface area contributed by atoms with Gasteiger partial charge in [-0.1, -0.05) is 12.1 Å². The Labute approximate surface area is 147 Å². The van der Waals surface area contributed by atoms with Gasteiger partial charge in [-0.05, 0) is 38.4 Å². The second kappa shape index (κ2) is 9.17. The zero-order valence-electron chi connectivity index (χ0n) is 14.6. The Bertz CT molecular complexity index is 632. The van der Waals surface area contributed by atoms with E-state index < -0.39 is 5.97 Å². The van der Waals surface area contributed by atoms with Crippen molar-refractivity contribution in [3.8, 4) is 0 Å². The molecule has 1 fully saturated rings. The number of esters is 2. The quantitative estimate of drug-likeness (QED) is 0.788. The van der Waals surface area contributed by atoms with Crippen molar-refractivity contribution in [2.24, 2.45) is 5.92 Å². The van der Waals surface area contributed by atoms with Crippen molar-refractivity contribution >= 4 is 23.5 Å². The van der Waals surface area contributed by atoms with Gasteiger partial charge in [-0.2, -0.15) is 0 Å². The van der Waals surface area contributed by atoms with Gasteiger partial charge >= 0.3 is 11.9 Å². The average molecular weight is 348 g/mol. The van der Waals surface area contributed by atoms with E-state index in [0.29, 0.717) is 24.4 Å². The maximum Gasteiger partial charge on any atom is 0.339 e. The predicted octanol–water partition coefficient (Wildman–Crippen LogP) is 1.69. The lowest BCUT2D eigenvalue weighted by atomic mass is 9.98. The summed E-state index contributed by atoms with van der Waals surface area (Å²) in [5, 5.41) is 2.74. The molecule has 1 aliphatic rings. The third-order valence-corrected chi connectivity index (χ3v) is 4.10. The second-order valence-electron chi connectivity index (χ2n) is 5.91. The predicted molar refractivity (Wildman–Crippen MR) is 92.2 cm³/mol. The number of methoxy groups -OCH3 is 1. The molecule has 2 rings (SSSR count). The Morgan fingerprint density at radius 3 is 2.76 bits per heavy atom. The van der Waals surface area contributed by atoms with Crippen LogP contribution >= 0.6 is 0 Å². The third-order valence-electron chi connectivity index (χ3n) is 4.10. The Kier molecular flexibility index (Phi) is 6.94. The first-order valence-corrected chi connectivity index (χ1v) is 8.41. The summed E-state index contributed by atoms with van der Waals surface area (Å²) in [5.74, 6) is -1.13. The van der Waals surface area contributed by atoms with Crippen molar-refractivity contribution in [3.05, 3.63) is 29.8 Å². The number of likely N-dealkylation sites (tertiary alicyclic amines) is 1. The molecule has 1 atom stereocenters. The van der Waals surface area contributed by atoms with Crippen LogP contribution in [0.5, 0.6) is 0 Å². The molecule has 1 heterocycles. The van der Waals surface area contributed by atoms with Crippen LogP contribution < -0.4 is 5.32 Å². The summed E-state index contributed by atoms with van der Waals surface area (Å²) in [7, 11) is 1.30. The van der Waals surface area contributed by atoms with Crippen molar-refractivity contribution in [3.63, 3.8) is 0 Å². The Morgan fingerprint density at radius 1 is 1.28 bits per heavy atom. The number of hydrogen-bond donors (Lipinski definition) is 1. The van der Waals surface area contributed by atoms with Gasteiger partial charge in [0.15, 0.2) is 0 Å². The van der Waals surface area contributed by atoms with E-state index >= 15 is 0 Å². The van der Waals surface area contributed by atoms with Crippen molar-refractivity contribution in [1.82, 2.24) is 4.90 Å². The second-order valence-corrected chi connectivity index (χ2v) is 5.91. The molecule has 0 bridgehead atoms. The molecule has 1 aliphatic heterocycles. The summed E-state index contributed by atoms with van der Waals surface area (Å²) >= 11 is 0. The van der Waals surface area contributed by atoms with E-state index in [-0.39, 0.29) is 24.3 Å². The number of anilines is 1. The normalized spacial score (nSPS) is 17.6. The van der Waals surface area contributed by atoms with Crippen LogP contribution in [0, 0.1) is 5.92 Å². The van der Waals surface area contributed by atoms with Crippen molar-refractivity contribution in [1.29, 1.82) is 0 Å². The molecular weight excluding hydrogens is 324 g/mol. The molecular formula is C18H24N2O5. The molecule has 136 valence electrons. The van der Waals surface area contributed by atoms with Crippen molar-refractivity contribution < 1.29 is 23.9 Å². The molecule has 1 N–H and O–H groups in total. The Balaban J connectivity index is 1.94. The van der Waals surface area contributed by atoms with Crippen LogP contribution in [0.1, 0.15) is 30.1 Å². The smallest absolute Gasteiger partial charge is 0.339 e. The topological polar surface area (TPSA) is 84.9 Å². The molecule has 0 unspecified atom stereocenters. The van der Waals surface area contributed by atoms with E-state index in [1.54, 1.807) is 31.2 Å². The lowest BCUT2D eigenvalue weighted by Crippen LogP contribution is -2.43. The maximum absolute atomic E-state index is 12.3. The standard InChI is InChI=1S/C18H24N2O5/c1-3-25-17(22)13-7-6-10-20(11-13)12-16(21)19-15-9-5-4-8-14(15)18(23)24-2/h4-5,8-9,13H,3,6-7,10-12H2,1-2H3,(H,19,21)/t13-/m0/s1. The van der Waals surface area contributed by atoms with E-state index in [2.05, 4.69) is 5.32 Å². The van der Waals surface area contributed by atoms with Crippen LogP contribution in [-0.2, 0) is 19.1 Å². The number of rotatable bonds is 6. The van der Waals surface area contributed by atoms with Gasteiger partial charge in [-0.3, -0.25) is 14.5 Å². The molecule has 0 saturated carbocycles. The summed E-state index contributed by atoms with van der Waals surface area (Å²) in [6.07, 6.45) is 1.62. The number of nitrogens with zero attached hydrogens (tertiary/aromatic N) is 1. The molecule has 1 aromatic rings. The number of para-hydroxylation sites is 1. The van der Waals surface area contributed by atoms with E-state index in [0.717, 1.165) is 19.4 Å². The van der Waals surface area contributed by atoms with Crippen LogP contribution in [0.4, 0.5) is 5.69 Å². The zero-order valence-corrected chi connectivity index (χ0v) is 14.6. The molecule has 7 heteroatoms. The van der Waals surface area contributed by atoms with Gasteiger partial charge in [-0.25, -0.2) is 4.79 Å². The number of ether oxygens (including phenoxy) is 2. The minimum atomic E-state index is -0.503. The van der Waals surface area contributed by atoms with E-state index in [1.165, 1.54) is 7.11 Å². The van der Waals surface area contributed by atoms with Crippen LogP contribution in [-0.4, -0.2) is 56.1 Å². The summed E-state index contributed by atoms with van der Waals surface area (Å²) in [6, 6.07) is 6.69. The zero-order chi connectivity index (χ0) is 18.2. The monoisotopic (exact) mass is 348 g/mol. The maximum atomic E-state index is 12.3. The van der Waals surface area contributed by atoms with Gasteiger partial charge in [0, 0.05) is 6.54 Å². The highest BCUT2D eigenvalue weighted by Crippen LogP contribution is 2.19. The molecule has 0 aliphatic carbocycles. The summed E-state index contributed by atoms with van der Waals surface area (Å²) in [6.45, 7) is 3.56. The molecule has 0 spiro atoms. The van der Waals surface area contributed by atoms with Crippen LogP contribution in [0.3, 0.4) is 0 Å². The largest absolute Gasteiger partial charge is 0.466 e. The Hall–Kier alpha value is -2.41. The van der Waals surface area contributed by atoms with Crippen LogP contribution in [0.15, 0.2) is 24.3 Å². The lowest BCUT2D eigenvalue weighted by Gasteiger charge is -2.30. The highest BCUT2D eigenvalue weighted by atomic mass is 16.5. The van der Waals surface area contributed by atoms with Gasteiger partial charge < -0.3 is 14.8 Å². The van der Waals surface area contributed by atoms with Crippen LogP contribution in [0.25, 0.3) is 0 Å². The van der Waals surface area contributed by atoms with Gasteiger partial charge in [0.05, 0.1) is 37.4 Å². The lowest BCUT2D eigenvalue weighted by molar-refractivity contribution is -0.150. The number of hydrogen-bond acceptors (Lipinski definition) is 6. The number of benzene rings is 1. The number of carbonyl (C=O) groups excluding carboxylic acids is 3. The minimum absolute atomic E-state index is 0.158. The summed E-state index contributed by atoms with van der Waals surface area (Å²) in [4.78, 5) is 37.9. The number of piperidine rings is 1. The van der Waals surface area contributed by atoms with Crippen molar-refractivity contribution in [2.75, 3.05) is 38.7 Å². The Morgan fingerprint density at radius 2 is 2.04 bits per heavy atom. The van der Waals surface area contributed by atoms with E-state index in [9.17, 15) is 14.4 Å². The number of amides is 1. The average Bonchev–Trinajstić information content (AvgIpc) is 2.62. The molecule has 1 saturated heterocycles. The minimum Gasteiger partial charge on any atom is -0.466 e. The highest BCUT2D eigenvalue weighted by molar-refractivity contribution is 6.01. The molecule has 7 nitrogen and oxygen atoms in total. The van der Waals surface area contributed by atoms with Gasteiger partial charge in [0.25, 0.3) is 0 Å². The first-order chi connectivity index (χ1) is 12.0. The molecule has 0 aromatic heterocycles. The number of carbonyl (C=O) groups is 3. The fraction of sp³-hybridized carbons (Fsp3) is 0.500. The molecule has 1 amide bonds. The fourth-order valence-corrected chi connectivity index (χ4v) is 2.92. The first-order valence-electron chi connectivity index (χ1n) is 8.41. The molecule has 0 radical (unpaired) electrons. The summed E-state index contributed by atoms with van der Waals surface area (Å²) in [5.41, 5.74) is 0.722. The van der Waals surface area contributed by atoms with E-state index in [1.807, 2.05) is 4.90 Å². The SMILES string of the molecule is CCOC(=O)[C@H]1CCCN(CC(=O)Nc2ccccc2C(=O)OC)C1.